The molecule has 5 aromatic rings. The summed E-state index contributed by atoms with van der Waals surface area (Å²) in [5.41, 5.74) is 7.54. The summed E-state index contributed by atoms with van der Waals surface area (Å²) in [5, 5.41) is 11.1. The van der Waals surface area contributed by atoms with Gasteiger partial charge < -0.3 is 15.5 Å². The molecule has 3 N–H and O–H groups in total. The van der Waals surface area contributed by atoms with Gasteiger partial charge in [-0.2, -0.15) is 14.6 Å². The second kappa shape index (κ2) is 6.83. The van der Waals surface area contributed by atoms with Gasteiger partial charge in [-0.25, -0.2) is 9.78 Å². The van der Waals surface area contributed by atoms with Crippen molar-refractivity contribution in [3.8, 4) is 11.6 Å². The molecule has 0 saturated carbocycles. The summed E-state index contributed by atoms with van der Waals surface area (Å²) >= 11 is 0. The summed E-state index contributed by atoms with van der Waals surface area (Å²) < 4.78 is 11.3. The Bertz CT molecular complexity index is 1480. The van der Waals surface area contributed by atoms with Gasteiger partial charge in [0.2, 0.25) is 11.8 Å². The molecule has 0 aliphatic carbocycles. The fourth-order valence-electron chi connectivity index (χ4n) is 3.45. The lowest BCUT2D eigenvalue weighted by Crippen LogP contribution is -2.24. The molecule has 0 atom stereocenters. The number of aromatic nitrogens is 8. The van der Waals surface area contributed by atoms with Gasteiger partial charge in [-0.05, 0) is 12.1 Å². The maximum atomic E-state index is 12.9. The van der Waals surface area contributed by atoms with E-state index in [-0.39, 0.29) is 24.1 Å². The fraction of sp³-hybridized carbons (Fsp3) is 0.222. The Morgan fingerprint density at radius 3 is 2.84 bits per heavy atom. The largest absolute Gasteiger partial charge is 0.461 e. The molecule has 5 rings (SSSR count). The van der Waals surface area contributed by atoms with Gasteiger partial charge in [0.25, 0.3) is 5.91 Å². The Balaban J connectivity index is 1.58. The SMILES string of the molecule is CNC(=O)c1cnn(CCn2c(=O)n(C)c3c2nc(N)n2nc(-c4ccco4)nc32)c1. The topological polar surface area (TPSA) is 156 Å². The van der Waals surface area contributed by atoms with Crippen molar-refractivity contribution in [3.63, 3.8) is 0 Å². The molecule has 31 heavy (non-hydrogen) atoms. The van der Waals surface area contributed by atoms with E-state index in [4.69, 9.17) is 10.2 Å². The number of amides is 1. The van der Waals surface area contributed by atoms with Crippen LogP contribution >= 0.6 is 0 Å². The predicted octanol–water partition coefficient (Wildman–Crippen LogP) is -0.124. The van der Waals surface area contributed by atoms with Crippen LogP contribution in [0.3, 0.4) is 0 Å². The third-order valence-electron chi connectivity index (χ3n) is 4.99. The summed E-state index contributed by atoms with van der Waals surface area (Å²) in [6, 6.07) is 3.46. The van der Waals surface area contributed by atoms with E-state index >= 15 is 0 Å². The van der Waals surface area contributed by atoms with Crippen LogP contribution in [0.5, 0.6) is 0 Å². The number of hydrogen-bond donors (Lipinski definition) is 2. The van der Waals surface area contributed by atoms with Crippen LogP contribution < -0.4 is 16.7 Å². The average molecular weight is 422 g/mol. The monoisotopic (exact) mass is 422 g/mol. The van der Waals surface area contributed by atoms with Gasteiger partial charge in [-0.15, -0.1) is 5.10 Å². The van der Waals surface area contributed by atoms with Gasteiger partial charge in [0, 0.05) is 26.8 Å². The number of carbonyl (C=O) groups is 1. The number of nitrogen functional groups attached to an aromatic ring is 1. The number of aryl methyl sites for hydroxylation is 3. The number of fused-ring (bicyclic) bond motifs is 3. The van der Waals surface area contributed by atoms with E-state index in [9.17, 15) is 9.59 Å². The van der Waals surface area contributed by atoms with Gasteiger partial charge in [0.15, 0.2) is 17.1 Å². The highest BCUT2D eigenvalue weighted by Crippen LogP contribution is 2.23. The summed E-state index contributed by atoms with van der Waals surface area (Å²) in [6.07, 6.45) is 4.61. The molecule has 0 aliphatic rings. The molecule has 0 unspecified atom stereocenters. The number of hydrogen-bond acceptors (Lipinski definition) is 8. The number of anilines is 1. The van der Waals surface area contributed by atoms with E-state index in [0.717, 1.165) is 0 Å². The fourth-order valence-corrected chi connectivity index (χ4v) is 3.45. The van der Waals surface area contributed by atoms with Crippen LogP contribution in [0, 0.1) is 0 Å². The molecule has 13 nitrogen and oxygen atoms in total. The Hall–Kier alpha value is -4.42. The molecule has 158 valence electrons. The zero-order chi connectivity index (χ0) is 21.7. The van der Waals surface area contributed by atoms with Crippen LogP contribution in [0.4, 0.5) is 5.95 Å². The summed E-state index contributed by atoms with van der Waals surface area (Å²) in [5.74, 6) is 0.675. The highest BCUT2D eigenvalue weighted by atomic mass is 16.3. The molecule has 5 heterocycles. The van der Waals surface area contributed by atoms with Crippen LogP contribution in [-0.4, -0.2) is 51.5 Å². The van der Waals surface area contributed by atoms with Gasteiger partial charge in [0.05, 0.1) is 24.6 Å². The number of nitrogens with one attached hydrogen (secondary N) is 1. The molecule has 0 aliphatic heterocycles. The molecule has 0 bridgehead atoms. The van der Waals surface area contributed by atoms with Crippen molar-refractivity contribution in [2.45, 2.75) is 13.1 Å². The lowest BCUT2D eigenvalue weighted by atomic mass is 10.3. The van der Waals surface area contributed by atoms with Gasteiger partial charge in [-0.1, -0.05) is 0 Å². The Kier molecular flexibility index (Phi) is 4.10. The van der Waals surface area contributed by atoms with Crippen molar-refractivity contribution in [2.24, 2.45) is 7.05 Å². The standard InChI is InChI=1S/C18H18N10O3/c1-20-16(29)10-8-21-26(9-10)5-6-27-14-12(25(2)18(27)30)15-22-13(11-4-3-7-31-11)24-28(15)17(19)23-14/h3-4,7-9H,5-6H2,1-2H3,(H2,19,23)(H,20,29). The van der Waals surface area contributed by atoms with Crippen LogP contribution in [0.25, 0.3) is 28.4 Å². The molecular formula is C18H18N10O3. The maximum absolute atomic E-state index is 12.9. The van der Waals surface area contributed by atoms with Crippen molar-refractivity contribution >= 4 is 28.7 Å². The Morgan fingerprint density at radius 2 is 2.10 bits per heavy atom. The first kappa shape index (κ1) is 18.6. The minimum Gasteiger partial charge on any atom is -0.461 e. The number of rotatable bonds is 5. The Labute approximate surface area is 173 Å². The molecule has 0 aromatic carbocycles. The van der Waals surface area contributed by atoms with Crippen molar-refractivity contribution in [2.75, 3.05) is 12.8 Å². The molecule has 13 heteroatoms. The molecular weight excluding hydrogens is 404 g/mol. The smallest absolute Gasteiger partial charge is 0.330 e. The molecule has 5 aromatic heterocycles. The first-order valence-electron chi connectivity index (χ1n) is 9.38. The van der Waals surface area contributed by atoms with Crippen LogP contribution in [0.2, 0.25) is 0 Å². The Morgan fingerprint density at radius 1 is 1.26 bits per heavy atom. The zero-order valence-corrected chi connectivity index (χ0v) is 16.7. The molecule has 0 saturated heterocycles. The van der Waals surface area contributed by atoms with E-state index in [0.29, 0.717) is 40.5 Å². The number of carbonyl (C=O) groups excluding carboxylic acids is 1. The quantitative estimate of drug-likeness (QED) is 0.397. The lowest BCUT2D eigenvalue weighted by Gasteiger charge is -2.04. The second-order valence-electron chi connectivity index (χ2n) is 6.85. The van der Waals surface area contributed by atoms with E-state index in [1.54, 1.807) is 37.1 Å². The molecule has 0 radical (unpaired) electrons. The van der Waals surface area contributed by atoms with Crippen LogP contribution in [0.1, 0.15) is 10.4 Å². The minimum absolute atomic E-state index is 0.0909. The van der Waals surface area contributed by atoms with E-state index in [1.165, 1.54) is 26.1 Å². The number of furan rings is 1. The van der Waals surface area contributed by atoms with Crippen LogP contribution in [-0.2, 0) is 20.1 Å². The second-order valence-corrected chi connectivity index (χ2v) is 6.85. The normalized spacial score (nSPS) is 11.5. The summed E-state index contributed by atoms with van der Waals surface area (Å²) in [6.45, 7) is 0.625. The van der Waals surface area contributed by atoms with Gasteiger partial charge >= 0.3 is 5.69 Å². The zero-order valence-electron chi connectivity index (χ0n) is 16.7. The number of nitrogens with zero attached hydrogens (tertiary/aromatic N) is 8. The molecule has 0 spiro atoms. The minimum atomic E-state index is -0.281. The van der Waals surface area contributed by atoms with Crippen molar-refractivity contribution in [3.05, 3.63) is 46.8 Å². The van der Waals surface area contributed by atoms with Crippen molar-refractivity contribution in [1.29, 1.82) is 0 Å². The number of imidazole rings is 1. The molecule has 0 fully saturated rings. The van der Waals surface area contributed by atoms with E-state index in [1.807, 2.05) is 0 Å². The van der Waals surface area contributed by atoms with Crippen molar-refractivity contribution < 1.29 is 9.21 Å². The summed E-state index contributed by atoms with van der Waals surface area (Å²) in [7, 11) is 3.19. The number of nitrogens with two attached hydrogens (primary N) is 1. The first-order valence-corrected chi connectivity index (χ1v) is 9.38. The highest BCUT2D eigenvalue weighted by Gasteiger charge is 2.21. The van der Waals surface area contributed by atoms with E-state index < -0.39 is 0 Å². The van der Waals surface area contributed by atoms with Crippen molar-refractivity contribution in [1.82, 2.24) is 43.8 Å². The highest BCUT2D eigenvalue weighted by molar-refractivity contribution is 5.93. The van der Waals surface area contributed by atoms with Crippen LogP contribution in [0.15, 0.2) is 40.0 Å². The third kappa shape index (κ3) is 2.86. The van der Waals surface area contributed by atoms with E-state index in [2.05, 4.69) is 25.5 Å². The predicted molar refractivity (Wildman–Crippen MR) is 109 cm³/mol. The van der Waals surface area contributed by atoms with Gasteiger partial charge in [-0.3, -0.25) is 18.6 Å². The lowest BCUT2D eigenvalue weighted by molar-refractivity contribution is 0.0963. The first-order chi connectivity index (χ1) is 15.0. The summed E-state index contributed by atoms with van der Waals surface area (Å²) in [4.78, 5) is 33.6. The van der Waals surface area contributed by atoms with Gasteiger partial charge in [0.1, 0.15) is 5.52 Å². The third-order valence-corrected chi connectivity index (χ3v) is 4.99. The maximum Gasteiger partial charge on any atom is 0.330 e. The average Bonchev–Trinajstić information content (AvgIpc) is 3.54. The molecule has 1 amide bonds.